The van der Waals surface area contributed by atoms with Gasteiger partial charge < -0.3 is 5.32 Å². The van der Waals surface area contributed by atoms with E-state index >= 15 is 0 Å². The molecule has 1 aromatic rings. The summed E-state index contributed by atoms with van der Waals surface area (Å²) in [5, 5.41) is 8.03. The Labute approximate surface area is 119 Å². The molecule has 3 nitrogen and oxygen atoms in total. The van der Waals surface area contributed by atoms with Gasteiger partial charge in [-0.25, -0.2) is 0 Å². The maximum Gasteiger partial charge on any atom is 0.0738 e. The fraction of sp³-hybridized carbons (Fsp3) is 0.786. The Balaban J connectivity index is 3.02. The van der Waals surface area contributed by atoms with Gasteiger partial charge in [-0.05, 0) is 48.7 Å². The fourth-order valence-electron chi connectivity index (χ4n) is 2.27. The highest BCUT2D eigenvalue weighted by Crippen LogP contribution is 2.30. The number of halogens is 1. The van der Waals surface area contributed by atoms with Crippen molar-refractivity contribution in [1.29, 1.82) is 0 Å². The van der Waals surface area contributed by atoms with E-state index in [1.165, 1.54) is 5.69 Å². The van der Waals surface area contributed by atoms with E-state index in [1.54, 1.807) is 0 Å². The molecule has 0 amide bonds. The van der Waals surface area contributed by atoms with E-state index in [2.05, 4.69) is 72.7 Å². The van der Waals surface area contributed by atoms with Crippen LogP contribution in [0.3, 0.4) is 0 Å². The van der Waals surface area contributed by atoms with Crippen molar-refractivity contribution < 1.29 is 0 Å². The quantitative estimate of drug-likeness (QED) is 0.870. The SMILES string of the molecule is CCn1nc(C)c(Br)c1CC(NC)C(C)(C)CC. The average Bonchev–Trinajstić information content (AvgIpc) is 2.62. The molecule has 1 rings (SSSR count). The number of hydrogen-bond acceptors (Lipinski definition) is 2. The maximum absolute atomic E-state index is 4.57. The van der Waals surface area contributed by atoms with Crippen LogP contribution in [-0.4, -0.2) is 22.9 Å². The van der Waals surface area contributed by atoms with Crippen molar-refractivity contribution in [3.63, 3.8) is 0 Å². The molecule has 1 N–H and O–H groups in total. The highest BCUT2D eigenvalue weighted by Gasteiger charge is 2.28. The largest absolute Gasteiger partial charge is 0.316 e. The standard InChI is InChI=1S/C14H26BrN3/c1-7-14(4,5)12(16-6)9-11-13(15)10(3)17-18(11)8-2/h12,16H,7-9H2,1-6H3. The summed E-state index contributed by atoms with van der Waals surface area (Å²) in [6.07, 6.45) is 2.17. The van der Waals surface area contributed by atoms with Gasteiger partial charge in [-0.2, -0.15) is 5.10 Å². The first-order chi connectivity index (χ1) is 8.37. The lowest BCUT2D eigenvalue weighted by molar-refractivity contribution is 0.237. The lowest BCUT2D eigenvalue weighted by Gasteiger charge is -2.33. The van der Waals surface area contributed by atoms with Gasteiger partial charge >= 0.3 is 0 Å². The normalized spacial score (nSPS) is 13.9. The Hall–Kier alpha value is -0.350. The summed E-state index contributed by atoms with van der Waals surface area (Å²) in [5.41, 5.74) is 2.66. The molecule has 18 heavy (non-hydrogen) atoms. The van der Waals surface area contributed by atoms with Crippen LogP contribution in [0.5, 0.6) is 0 Å². The van der Waals surface area contributed by atoms with E-state index in [0.29, 0.717) is 6.04 Å². The van der Waals surface area contributed by atoms with E-state index in [4.69, 9.17) is 0 Å². The van der Waals surface area contributed by atoms with Gasteiger partial charge in [-0.15, -0.1) is 0 Å². The van der Waals surface area contributed by atoms with E-state index in [0.717, 1.165) is 29.6 Å². The van der Waals surface area contributed by atoms with Crippen LogP contribution in [0.25, 0.3) is 0 Å². The van der Waals surface area contributed by atoms with Crippen LogP contribution in [0.1, 0.15) is 45.5 Å². The van der Waals surface area contributed by atoms with Crippen molar-refractivity contribution in [3.8, 4) is 0 Å². The number of rotatable bonds is 6. The molecular weight excluding hydrogens is 290 g/mol. The van der Waals surface area contributed by atoms with E-state index in [-0.39, 0.29) is 5.41 Å². The lowest BCUT2D eigenvalue weighted by Crippen LogP contribution is -2.41. The molecule has 1 atom stereocenters. The van der Waals surface area contributed by atoms with Crippen LogP contribution in [-0.2, 0) is 13.0 Å². The predicted octanol–water partition coefficient (Wildman–Crippen LogP) is 3.54. The van der Waals surface area contributed by atoms with Gasteiger partial charge in [0.25, 0.3) is 0 Å². The Morgan fingerprint density at radius 3 is 2.44 bits per heavy atom. The number of aromatic nitrogens is 2. The molecule has 0 aliphatic rings. The lowest BCUT2D eigenvalue weighted by atomic mass is 9.79. The summed E-state index contributed by atoms with van der Waals surface area (Å²) in [4.78, 5) is 0. The Morgan fingerprint density at radius 2 is 2.00 bits per heavy atom. The molecule has 0 aromatic carbocycles. The highest BCUT2D eigenvalue weighted by atomic mass is 79.9. The number of aryl methyl sites for hydroxylation is 2. The molecule has 1 heterocycles. The number of likely N-dealkylation sites (N-methyl/N-ethyl adjacent to an activating group) is 1. The van der Waals surface area contributed by atoms with Crippen molar-refractivity contribution in [2.24, 2.45) is 5.41 Å². The second-order valence-electron chi connectivity index (χ2n) is 5.55. The van der Waals surface area contributed by atoms with Gasteiger partial charge in [0.2, 0.25) is 0 Å². The minimum Gasteiger partial charge on any atom is -0.316 e. The molecule has 0 bridgehead atoms. The molecule has 0 radical (unpaired) electrons. The zero-order valence-corrected chi connectivity index (χ0v) is 14.1. The van der Waals surface area contributed by atoms with Crippen LogP contribution < -0.4 is 5.32 Å². The number of hydrogen-bond donors (Lipinski definition) is 1. The minimum absolute atomic E-state index is 0.283. The first-order valence-electron chi connectivity index (χ1n) is 6.76. The van der Waals surface area contributed by atoms with Crippen molar-refractivity contribution in [1.82, 2.24) is 15.1 Å². The average molecular weight is 316 g/mol. The van der Waals surface area contributed by atoms with Crippen LogP contribution in [0.2, 0.25) is 0 Å². The van der Waals surface area contributed by atoms with Gasteiger partial charge in [-0.1, -0.05) is 20.8 Å². The molecule has 0 aliphatic heterocycles. The molecule has 0 fully saturated rings. The molecule has 1 aromatic heterocycles. The fourth-order valence-corrected chi connectivity index (χ4v) is 2.72. The van der Waals surface area contributed by atoms with Crippen molar-refractivity contribution >= 4 is 15.9 Å². The van der Waals surface area contributed by atoms with E-state index in [1.807, 2.05) is 0 Å². The highest BCUT2D eigenvalue weighted by molar-refractivity contribution is 9.10. The Morgan fingerprint density at radius 1 is 1.39 bits per heavy atom. The van der Waals surface area contributed by atoms with Gasteiger partial charge in [0.05, 0.1) is 15.9 Å². The van der Waals surface area contributed by atoms with Gasteiger partial charge in [0, 0.05) is 19.0 Å². The molecule has 1 unspecified atom stereocenters. The molecule has 0 saturated heterocycles. The Bertz CT molecular complexity index is 396. The van der Waals surface area contributed by atoms with Gasteiger partial charge in [0.1, 0.15) is 0 Å². The molecule has 0 aliphatic carbocycles. The van der Waals surface area contributed by atoms with Crippen LogP contribution in [0.15, 0.2) is 4.47 Å². The predicted molar refractivity (Wildman–Crippen MR) is 81.0 cm³/mol. The summed E-state index contributed by atoms with van der Waals surface area (Å²) >= 11 is 3.68. The molecule has 4 heteroatoms. The third kappa shape index (κ3) is 3.15. The van der Waals surface area contributed by atoms with Crippen LogP contribution in [0.4, 0.5) is 0 Å². The summed E-state index contributed by atoms with van der Waals surface area (Å²) in [6, 6.07) is 0.459. The van der Waals surface area contributed by atoms with E-state index < -0.39 is 0 Å². The summed E-state index contributed by atoms with van der Waals surface area (Å²) in [5.74, 6) is 0. The number of nitrogens with zero attached hydrogens (tertiary/aromatic N) is 2. The molecular formula is C14H26BrN3. The van der Waals surface area contributed by atoms with Gasteiger partial charge in [-0.3, -0.25) is 4.68 Å². The zero-order chi connectivity index (χ0) is 13.9. The van der Waals surface area contributed by atoms with Crippen molar-refractivity contribution in [2.75, 3.05) is 7.05 Å². The third-order valence-corrected chi connectivity index (χ3v) is 5.08. The zero-order valence-electron chi connectivity index (χ0n) is 12.5. The van der Waals surface area contributed by atoms with Crippen molar-refractivity contribution in [2.45, 2.75) is 60.0 Å². The topological polar surface area (TPSA) is 29.9 Å². The van der Waals surface area contributed by atoms with E-state index in [9.17, 15) is 0 Å². The van der Waals surface area contributed by atoms with Crippen LogP contribution >= 0.6 is 15.9 Å². The Kier molecular flexibility index (Phi) is 5.41. The van der Waals surface area contributed by atoms with Crippen molar-refractivity contribution in [3.05, 3.63) is 15.9 Å². The summed E-state index contributed by atoms with van der Waals surface area (Å²) in [7, 11) is 2.05. The second kappa shape index (κ2) is 6.20. The first kappa shape index (κ1) is 15.7. The maximum atomic E-state index is 4.57. The second-order valence-corrected chi connectivity index (χ2v) is 6.34. The monoisotopic (exact) mass is 315 g/mol. The van der Waals surface area contributed by atoms with Crippen LogP contribution in [0, 0.1) is 12.3 Å². The number of nitrogens with one attached hydrogen (secondary N) is 1. The smallest absolute Gasteiger partial charge is 0.0738 e. The first-order valence-corrected chi connectivity index (χ1v) is 7.55. The third-order valence-electron chi connectivity index (χ3n) is 4.05. The molecule has 104 valence electrons. The summed E-state index contributed by atoms with van der Waals surface area (Å²) in [6.45, 7) is 12.0. The summed E-state index contributed by atoms with van der Waals surface area (Å²) < 4.78 is 3.27. The molecule has 0 spiro atoms. The van der Waals surface area contributed by atoms with Gasteiger partial charge in [0.15, 0.2) is 0 Å². The minimum atomic E-state index is 0.283. The molecule has 0 saturated carbocycles.